The fraction of sp³-hybridized carbons (Fsp3) is 0.647. The maximum absolute atomic E-state index is 4.01. The Morgan fingerprint density at radius 3 is 2.40 bits per heavy atom. The first-order chi connectivity index (χ1) is 9.78. The van der Waals surface area contributed by atoms with Crippen LogP contribution in [0.5, 0.6) is 0 Å². The Morgan fingerprint density at radius 1 is 1.05 bits per heavy atom. The fourth-order valence-corrected chi connectivity index (χ4v) is 7.58. The summed E-state index contributed by atoms with van der Waals surface area (Å²) in [4.78, 5) is 1.53. The van der Waals surface area contributed by atoms with Gasteiger partial charge in [0, 0.05) is 26.4 Å². The molecule has 3 heteroatoms. The molecule has 2 aromatic heterocycles. The maximum Gasteiger partial charge on any atom is 0.0453 e. The molecule has 0 unspecified atom stereocenters. The lowest BCUT2D eigenvalue weighted by molar-refractivity contribution is -0.0204. The highest BCUT2D eigenvalue weighted by molar-refractivity contribution is 7.26. The summed E-state index contributed by atoms with van der Waals surface area (Å²) in [5, 5.41) is 6.22. The van der Waals surface area contributed by atoms with Gasteiger partial charge in [-0.2, -0.15) is 0 Å². The van der Waals surface area contributed by atoms with Crippen molar-refractivity contribution in [2.24, 2.45) is 17.8 Å². The zero-order valence-electron chi connectivity index (χ0n) is 11.7. The van der Waals surface area contributed by atoms with Crippen LogP contribution in [0.2, 0.25) is 0 Å². The van der Waals surface area contributed by atoms with E-state index in [1.165, 1.54) is 52.8 Å². The SMILES string of the molecule is c1cc2sc(CNC34CC5CC(CC(C5)C3)C4)cc2s1. The molecule has 0 aliphatic heterocycles. The molecule has 106 valence electrons. The second-order valence-corrected chi connectivity index (χ2v) is 9.53. The van der Waals surface area contributed by atoms with Crippen LogP contribution in [0.25, 0.3) is 9.40 Å². The third-order valence-corrected chi connectivity index (χ3v) is 7.96. The van der Waals surface area contributed by atoms with Crippen LogP contribution in [0.4, 0.5) is 0 Å². The van der Waals surface area contributed by atoms with Crippen molar-refractivity contribution in [3.05, 3.63) is 22.4 Å². The van der Waals surface area contributed by atoms with Gasteiger partial charge in [-0.1, -0.05) is 0 Å². The Kier molecular flexibility index (Phi) is 2.63. The van der Waals surface area contributed by atoms with E-state index >= 15 is 0 Å². The van der Waals surface area contributed by atoms with Gasteiger partial charge >= 0.3 is 0 Å². The molecule has 0 aromatic carbocycles. The van der Waals surface area contributed by atoms with Crippen molar-refractivity contribution in [1.29, 1.82) is 0 Å². The molecule has 2 heterocycles. The van der Waals surface area contributed by atoms with Crippen molar-refractivity contribution < 1.29 is 0 Å². The predicted octanol–water partition coefficient (Wildman–Crippen LogP) is 5.02. The van der Waals surface area contributed by atoms with Gasteiger partial charge in [0.2, 0.25) is 0 Å². The molecule has 0 spiro atoms. The first-order valence-corrected chi connectivity index (χ1v) is 9.69. The summed E-state index contributed by atoms with van der Waals surface area (Å²) in [5.41, 5.74) is 0.506. The van der Waals surface area contributed by atoms with Gasteiger partial charge in [-0.15, -0.1) is 22.7 Å². The highest BCUT2D eigenvalue weighted by atomic mass is 32.1. The van der Waals surface area contributed by atoms with Crippen molar-refractivity contribution in [3.8, 4) is 0 Å². The van der Waals surface area contributed by atoms with Crippen LogP contribution in [-0.4, -0.2) is 5.54 Å². The zero-order chi connectivity index (χ0) is 13.2. The molecular formula is C17H21NS2. The van der Waals surface area contributed by atoms with Crippen LogP contribution in [0, 0.1) is 17.8 Å². The summed E-state index contributed by atoms with van der Waals surface area (Å²) in [6, 6.07) is 4.66. The minimum atomic E-state index is 0.506. The van der Waals surface area contributed by atoms with Gasteiger partial charge in [-0.3, -0.25) is 0 Å². The van der Waals surface area contributed by atoms with Crippen molar-refractivity contribution in [2.45, 2.75) is 50.6 Å². The third kappa shape index (κ3) is 1.90. The van der Waals surface area contributed by atoms with Crippen LogP contribution in [-0.2, 0) is 6.54 Å². The molecule has 6 rings (SSSR count). The van der Waals surface area contributed by atoms with Gasteiger partial charge in [0.05, 0.1) is 0 Å². The average molecular weight is 303 g/mol. The molecule has 4 aliphatic carbocycles. The van der Waals surface area contributed by atoms with Crippen molar-refractivity contribution in [1.82, 2.24) is 5.32 Å². The molecular weight excluding hydrogens is 282 g/mol. The molecule has 0 radical (unpaired) electrons. The molecule has 1 nitrogen and oxygen atoms in total. The topological polar surface area (TPSA) is 12.0 Å². The second kappa shape index (κ2) is 4.31. The fourth-order valence-electron chi connectivity index (χ4n) is 5.50. The van der Waals surface area contributed by atoms with E-state index in [4.69, 9.17) is 0 Å². The van der Waals surface area contributed by atoms with Gasteiger partial charge in [0.1, 0.15) is 0 Å². The largest absolute Gasteiger partial charge is 0.306 e. The van der Waals surface area contributed by atoms with Crippen LogP contribution >= 0.6 is 22.7 Å². The number of hydrogen-bond acceptors (Lipinski definition) is 3. The minimum absolute atomic E-state index is 0.506. The van der Waals surface area contributed by atoms with E-state index in [1.807, 2.05) is 22.7 Å². The average Bonchev–Trinajstić information content (AvgIpc) is 2.95. The van der Waals surface area contributed by atoms with Gasteiger partial charge in [-0.25, -0.2) is 0 Å². The highest BCUT2D eigenvalue weighted by Crippen LogP contribution is 2.55. The Labute approximate surface area is 128 Å². The normalized spacial score (nSPS) is 38.9. The summed E-state index contributed by atoms with van der Waals surface area (Å²) in [6.45, 7) is 1.10. The maximum atomic E-state index is 4.01. The Balaban J connectivity index is 1.35. The van der Waals surface area contributed by atoms with Crippen molar-refractivity contribution in [2.75, 3.05) is 0 Å². The number of nitrogens with one attached hydrogen (secondary N) is 1. The molecule has 0 saturated heterocycles. The van der Waals surface area contributed by atoms with Gasteiger partial charge in [-0.05, 0) is 73.8 Å². The zero-order valence-corrected chi connectivity index (χ0v) is 13.4. The Bertz CT molecular complexity index is 574. The van der Waals surface area contributed by atoms with E-state index in [0.717, 1.165) is 24.3 Å². The van der Waals surface area contributed by atoms with E-state index in [-0.39, 0.29) is 0 Å². The Morgan fingerprint density at radius 2 is 1.75 bits per heavy atom. The smallest absolute Gasteiger partial charge is 0.0453 e. The lowest BCUT2D eigenvalue weighted by atomic mass is 9.53. The quantitative estimate of drug-likeness (QED) is 0.839. The summed E-state index contributed by atoms with van der Waals surface area (Å²) in [7, 11) is 0. The third-order valence-electron chi connectivity index (χ3n) is 5.87. The molecule has 4 fully saturated rings. The number of thiophene rings is 2. The lowest BCUT2D eigenvalue weighted by Crippen LogP contribution is -2.58. The second-order valence-electron chi connectivity index (χ2n) is 7.41. The predicted molar refractivity (Wildman–Crippen MR) is 87.4 cm³/mol. The molecule has 0 atom stereocenters. The van der Waals surface area contributed by atoms with Crippen LogP contribution in [0.15, 0.2) is 17.5 Å². The van der Waals surface area contributed by atoms with Gasteiger partial charge in [0.15, 0.2) is 0 Å². The van der Waals surface area contributed by atoms with Gasteiger partial charge < -0.3 is 5.32 Å². The minimum Gasteiger partial charge on any atom is -0.306 e. The molecule has 1 N–H and O–H groups in total. The first kappa shape index (κ1) is 12.2. The van der Waals surface area contributed by atoms with Crippen molar-refractivity contribution in [3.63, 3.8) is 0 Å². The molecule has 4 bridgehead atoms. The van der Waals surface area contributed by atoms with E-state index < -0.39 is 0 Å². The van der Waals surface area contributed by atoms with Crippen LogP contribution in [0.1, 0.15) is 43.4 Å². The molecule has 20 heavy (non-hydrogen) atoms. The first-order valence-electron chi connectivity index (χ1n) is 7.99. The molecule has 4 aliphatic rings. The lowest BCUT2D eigenvalue weighted by Gasteiger charge is -2.57. The van der Waals surface area contributed by atoms with Crippen molar-refractivity contribution >= 4 is 32.1 Å². The van der Waals surface area contributed by atoms with E-state index in [9.17, 15) is 0 Å². The summed E-state index contributed by atoms with van der Waals surface area (Å²) >= 11 is 3.86. The summed E-state index contributed by atoms with van der Waals surface area (Å²) in [6.07, 6.45) is 8.98. The van der Waals surface area contributed by atoms with Crippen LogP contribution < -0.4 is 5.32 Å². The van der Waals surface area contributed by atoms with E-state index in [1.54, 1.807) is 0 Å². The standard InChI is InChI=1S/C17H21NS2/c1-2-19-16-6-14(20-15(1)16)10-18-17-7-11-3-12(8-17)5-13(4-11)9-17/h1-2,6,11-13,18H,3-5,7-10H2. The number of rotatable bonds is 3. The van der Waals surface area contributed by atoms with E-state index in [2.05, 4.69) is 22.8 Å². The highest BCUT2D eigenvalue weighted by Gasteiger charge is 2.50. The number of hydrogen-bond donors (Lipinski definition) is 1. The van der Waals surface area contributed by atoms with Gasteiger partial charge in [0.25, 0.3) is 0 Å². The van der Waals surface area contributed by atoms with E-state index in [0.29, 0.717) is 5.54 Å². The Hall–Kier alpha value is -0.380. The molecule has 0 amide bonds. The molecule has 2 aromatic rings. The van der Waals surface area contributed by atoms with Crippen LogP contribution in [0.3, 0.4) is 0 Å². The number of fused-ring (bicyclic) bond motifs is 1. The molecule has 4 saturated carbocycles. The summed E-state index contributed by atoms with van der Waals surface area (Å²) < 4.78 is 2.94. The monoisotopic (exact) mass is 303 g/mol. The summed E-state index contributed by atoms with van der Waals surface area (Å²) in [5.74, 6) is 3.13.